The zero-order valence-electron chi connectivity index (χ0n) is 24.9. The first-order valence-corrected chi connectivity index (χ1v) is 13.4. The Bertz CT molecular complexity index is 240. The third-order valence-corrected chi connectivity index (χ3v) is 2.78. The average Bonchev–Trinajstić information content (AvgIpc) is 2.90. The monoisotopic (exact) mass is 576 g/mol. The molecule has 0 rings (SSSR count). The molecule has 0 heterocycles. The molecule has 37 heavy (non-hydrogen) atoms. The van der Waals surface area contributed by atoms with Crippen LogP contribution in [0, 0.1) is 0 Å². The maximum atomic E-state index is 4.69. The second-order valence-electron chi connectivity index (χ2n) is 6.96. The van der Waals surface area contributed by atoms with Gasteiger partial charge in [-0.1, -0.05) is 55.4 Å². The van der Waals surface area contributed by atoms with Gasteiger partial charge in [-0.25, -0.2) is 0 Å². The van der Waals surface area contributed by atoms with Crippen molar-refractivity contribution in [2.75, 3.05) is 52.9 Å². The molecule has 0 aliphatic heterocycles. The molecule has 0 fully saturated rings. The maximum Gasteiger partial charge on any atom is 4.00 e. The van der Waals surface area contributed by atoms with Crippen molar-refractivity contribution >= 4 is 0 Å². The van der Waals surface area contributed by atoms with Crippen LogP contribution in [-0.2, 0) is 60.4 Å². The van der Waals surface area contributed by atoms with E-state index in [9.17, 15) is 0 Å². The van der Waals surface area contributed by atoms with Crippen LogP contribution in [0.25, 0.3) is 22.6 Å². The van der Waals surface area contributed by atoms with E-state index >= 15 is 0 Å². The first-order valence-electron chi connectivity index (χ1n) is 13.4. The molecule has 0 aliphatic rings. The summed E-state index contributed by atoms with van der Waals surface area (Å²) >= 11 is 0. The van der Waals surface area contributed by atoms with Crippen LogP contribution in [0.2, 0.25) is 0 Å². The zero-order chi connectivity index (χ0) is 27.8. The third-order valence-electron chi connectivity index (χ3n) is 2.78. The van der Waals surface area contributed by atoms with E-state index in [1.54, 1.807) is 0 Å². The molecule has 0 aliphatic carbocycles. The summed E-state index contributed by atoms with van der Waals surface area (Å²) in [6.45, 7) is 21.3. The van der Waals surface area contributed by atoms with Crippen LogP contribution in [0.1, 0.15) is 107 Å². The van der Waals surface area contributed by atoms with Crippen molar-refractivity contribution in [2.24, 2.45) is 0 Å². The topological polar surface area (TPSA) is 130 Å². The molecule has 224 valence electrons. The van der Waals surface area contributed by atoms with Crippen LogP contribution in [0.4, 0.5) is 0 Å². The summed E-state index contributed by atoms with van der Waals surface area (Å²) in [5.41, 5.74) is 13.4. The fourth-order valence-electron chi connectivity index (χ4n) is 1.18. The van der Waals surface area contributed by atoms with Gasteiger partial charge in [0, 0.05) is 52.9 Å². The summed E-state index contributed by atoms with van der Waals surface area (Å²) in [5.74, 6) is 0. The minimum atomic E-state index is 0. The van der Waals surface area contributed by atoms with Gasteiger partial charge in [0.15, 0.2) is 0 Å². The molecule has 0 atom stereocenters. The van der Waals surface area contributed by atoms with E-state index in [0.717, 1.165) is 51.4 Å². The normalized spacial score (nSPS) is 9.73. The minimum Gasteiger partial charge on any atom is -0.462 e. The van der Waals surface area contributed by atoms with Gasteiger partial charge in [0.05, 0.1) is 0 Å². The Balaban J connectivity index is -0.000000122. The van der Waals surface area contributed by atoms with E-state index in [0.29, 0.717) is 52.9 Å². The largest absolute Gasteiger partial charge is 4.00 e. The summed E-state index contributed by atoms with van der Waals surface area (Å²) in [4.78, 5) is 37.5. The van der Waals surface area contributed by atoms with Gasteiger partial charge >= 0.3 is 21.7 Å². The van der Waals surface area contributed by atoms with Gasteiger partial charge in [-0.15, -0.1) is 0 Å². The molecular weight excluding hydrogens is 520 g/mol. The Kier molecular flexibility index (Phi) is 71.8. The van der Waals surface area contributed by atoms with Crippen molar-refractivity contribution in [1.29, 1.82) is 0 Å². The van der Waals surface area contributed by atoms with Crippen LogP contribution in [-0.4, -0.2) is 52.9 Å². The van der Waals surface area contributed by atoms with Gasteiger partial charge in [-0.05, 0) is 51.4 Å². The number of rotatable bonds is 24. The van der Waals surface area contributed by atoms with Crippen LogP contribution >= 0.6 is 0 Å². The van der Waals surface area contributed by atoms with E-state index in [1.807, 2.05) is 55.4 Å². The summed E-state index contributed by atoms with van der Waals surface area (Å²) in [6.07, 6.45) is 7.77. The molecule has 0 aromatic rings. The Morgan fingerprint density at radius 3 is 0.459 bits per heavy atom. The number of nitrogens with zero attached hydrogens (tertiary/aromatic N) is 4. The van der Waals surface area contributed by atoms with Crippen LogP contribution in [0.5, 0.6) is 0 Å². The van der Waals surface area contributed by atoms with Crippen LogP contribution < -0.4 is 0 Å². The molecule has 0 spiro atoms. The maximum absolute atomic E-state index is 4.69. The van der Waals surface area contributed by atoms with Crippen molar-refractivity contribution in [3.63, 3.8) is 0 Å². The Labute approximate surface area is 242 Å². The van der Waals surface area contributed by atoms with E-state index < -0.39 is 0 Å². The average molecular weight is 577 g/mol. The summed E-state index contributed by atoms with van der Waals surface area (Å²) in [7, 11) is 0. The molecule has 0 saturated carbocycles. The predicted molar refractivity (Wildman–Crippen MR) is 143 cm³/mol. The van der Waals surface area contributed by atoms with Gasteiger partial charge in [0.1, 0.15) is 0 Å². The van der Waals surface area contributed by atoms with E-state index in [1.165, 1.54) is 0 Å². The summed E-state index contributed by atoms with van der Waals surface area (Å²) < 4.78 is 0. The van der Waals surface area contributed by atoms with Gasteiger partial charge in [-0.3, -0.25) is 0 Å². The molecule has 13 heteroatoms. The Morgan fingerprint density at radius 2 is 0.378 bits per heavy atom. The fraction of sp³-hybridized carbons (Fsp3) is 1.00. The molecule has 12 nitrogen and oxygen atoms in total. The molecule has 0 radical (unpaired) electrons. The molecule has 0 saturated heterocycles. The van der Waals surface area contributed by atoms with Crippen molar-refractivity contribution in [1.82, 2.24) is 0 Å². The molecule has 0 N–H and O–H groups in total. The van der Waals surface area contributed by atoms with Crippen molar-refractivity contribution in [2.45, 2.75) is 107 Å². The first kappa shape index (κ1) is 47.0. The van der Waals surface area contributed by atoms with E-state index in [-0.39, 0.29) is 21.7 Å². The first-order chi connectivity index (χ1) is 17.7. The Morgan fingerprint density at radius 1 is 0.270 bits per heavy atom. The summed E-state index contributed by atoms with van der Waals surface area (Å²) in [5, 5.41) is 0. The fourth-order valence-corrected chi connectivity index (χ4v) is 1.18. The van der Waals surface area contributed by atoms with Crippen LogP contribution in [0.3, 0.4) is 0 Å². The minimum absolute atomic E-state index is 0. The number of hydrogen-bond acceptors (Lipinski definition) is 8. The zero-order valence-corrected chi connectivity index (χ0v) is 26.4. The third kappa shape index (κ3) is 72.3. The number of hydrogen-bond donors (Lipinski definition) is 0. The quantitative estimate of drug-likeness (QED) is 0.0639. The van der Waals surface area contributed by atoms with Gasteiger partial charge in [0.25, 0.3) is 0 Å². The predicted octanol–water partition coefficient (Wildman–Crippen LogP) is 8.17. The van der Waals surface area contributed by atoms with Crippen molar-refractivity contribution < 1.29 is 60.4 Å². The van der Waals surface area contributed by atoms with Crippen molar-refractivity contribution in [3.05, 3.63) is 22.6 Å². The summed E-state index contributed by atoms with van der Waals surface area (Å²) in [6, 6.07) is 0. The van der Waals surface area contributed by atoms with Gasteiger partial charge in [0.2, 0.25) is 0 Å². The van der Waals surface area contributed by atoms with E-state index in [2.05, 4.69) is 61.3 Å². The molecule has 0 bridgehead atoms. The second-order valence-corrected chi connectivity index (χ2v) is 6.96. The SMILES string of the molecule is CCCO[N-]OCCC.CCCO[N-]OCCC.CCCO[N-]OCCC.CCCO[N-]OCCC.[Ti+4]. The molecule has 0 amide bonds. The molecular formula is C24H56N4O8Ti. The smallest absolute Gasteiger partial charge is 0.462 e. The molecule has 0 unspecified atom stereocenters. The van der Waals surface area contributed by atoms with Gasteiger partial charge < -0.3 is 61.3 Å². The second kappa shape index (κ2) is 56.4. The van der Waals surface area contributed by atoms with Crippen molar-refractivity contribution in [3.8, 4) is 0 Å². The molecule has 0 aromatic carbocycles. The van der Waals surface area contributed by atoms with Gasteiger partial charge in [-0.2, -0.15) is 0 Å². The molecule has 0 aromatic heterocycles. The van der Waals surface area contributed by atoms with Crippen LogP contribution in [0.15, 0.2) is 0 Å². The standard InChI is InChI=1S/4C6H14NO2.Ti/c4*1-3-5-8-7-9-6-4-2;/h4*3-6H2,1-2H3;/q4*-1;+4. The Hall–Kier alpha value is 0.234. The van der Waals surface area contributed by atoms with E-state index in [4.69, 9.17) is 0 Å².